The number of fused-ring (bicyclic) bond motifs is 1. The van der Waals surface area contributed by atoms with Crippen LogP contribution in [0.4, 0.5) is 9.59 Å². The molecule has 0 bridgehead atoms. The van der Waals surface area contributed by atoms with Crippen molar-refractivity contribution in [3.05, 3.63) is 23.8 Å². The Balaban J connectivity index is 1.89. The molecule has 8 heteroatoms. The van der Waals surface area contributed by atoms with Crippen molar-refractivity contribution in [2.75, 3.05) is 27.2 Å². The largest absolute Gasteiger partial charge is 0.510 e. The van der Waals surface area contributed by atoms with Crippen LogP contribution in [0.5, 0.6) is 11.5 Å². The maximum atomic E-state index is 12.1. The van der Waals surface area contributed by atoms with E-state index in [2.05, 4.69) is 9.47 Å². The number of likely N-dealkylation sites (N-methyl/N-ethyl adjacent to an activating group) is 1. The molecule has 8 nitrogen and oxygen atoms in total. The molecule has 1 unspecified atom stereocenters. The number of benzene rings is 1. The van der Waals surface area contributed by atoms with Gasteiger partial charge in [0.1, 0.15) is 0 Å². The summed E-state index contributed by atoms with van der Waals surface area (Å²) in [5, 5.41) is 0. The van der Waals surface area contributed by atoms with E-state index in [0.29, 0.717) is 18.7 Å². The Morgan fingerprint density at radius 2 is 2.00 bits per heavy atom. The topological polar surface area (TPSA) is 83.5 Å². The summed E-state index contributed by atoms with van der Waals surface area (Å²) in [5.74, 6) is 1.43. The van der Waals surface area contributed by atoms with Gasteiger partial charge in [-0.15, -0.1) is 0 Å². The van der Waals surface area contributed by atoms with Crippen LogP contribution < -0.4 is 9.47 Å². The maximum Gasteiger partial charge on any atom is 0.510 e. The van der Waals surface area contributed by atoms with Gasteiger partial charge in [-0.25, -0.2) is 9.59 Å². The third kappa shape index (κ3) is 4.43. The summed E-state index contributed by atoms with van der Waals surface area (Å²) in [7, 11) is 1.18. The molecule has 24 heavy (non-hydrogen) atoms. The zero-order valence-corrected chi connectivity index (χ0v) is 13.9. The number of hydrogen-bond acceptors (Lipinski definition) is 7. The number of hydrogen-bond donors (Lipinski definition) is 0. The second-order valence-corrected chi connectivity index (χ2v) is 5.15. The SMILES string of the molecule is CCN(C(=O)OCOC(=O)OC)C(C)Cc1ccc2c(c1)OCO2. The molecule has 0 radical (unpaired) electrons. The van der Waals surface area contributed by atoms with E-state index in [1.807, 2.05) is 32.0 Å². The molecule has 1 aromatic carbocycles. The fourth-order valence-corrected chi connectivity index (χ4v) is 2.41. The lowest BCUT2D eigenvalue weighted by molar-refractivity contribution is -0.0202. The van der Waals surface area contributed by atoms with E-state index in [0.717, 1.165) is 11.3 Å². The quantitative estimate of drug-likeness (QED) is 0.582. The van der Waals surface area contributed by atoms with Gasteiger partial charge < -0.3 is 28.6 Å². The van der Waals surface area contributed by atoms with Crippen LogP contribution in [0.3, 0.4) is 0 Å². The Hall–Kier alpha value is -2.64. The predicted octanol–water partition coefficient (Wildman–Crippen LogP) is 2.55. The Kier molecular flexibility index (Phi) is 6.11. The fraction of sp³-hybridized carbons (Fsp3) is 0.500. The van der Waals surface area contributed by atoms with Crippen LogP contribution in [-0.4, -0.2) is 50.4 Å². The zero-order valence-electron chi connectivity index (χ0n) is 13.9. The number of carbonyl (C=O) groups is 2. The molecular formula is C16H21NO7. The molecule has 1 heterocycles. The van der Waals surface area contributed by atoms with Gasteiger partial charge in [0.2, 0.25) is 13.6 Å². The molecule has 0 aromatic heterocycles. The second kappa shape index (κ2) is 8.28. The van der Waals surface area contributed by atoms with E-state index in [1.54, 1.807) is 4.90 Å². The van der Waals surface area contributed by atoms with Crippen molar-refractivity contribution in [1.29, 1.82) is 0 Å². The molecule has 0 fully saturated rings. The molecule has 0 saturated carbocycles. The number of rotatable bonds is 6. The van der Waals surface area contributed by atoms with Crippen molar-refractivity contribution in [2.45, 2.75) is 26.3 Å². The molecule has 2 rings (SSSR count). The van der Waals surface area contributed by atoms with Crippen LogP contribution >= 0.6 is 0 Å². The lowest BCUT2D eigenvalue weighted by Crippen LogP contribution is -2.40. The molecule has 1 atom stereocenters. The van der Waals surface area contributed by atoms with E-state index in [9.17, 15) is 9.59 Å². The third-order valence-corrected chi connectivity index (χ3v) is 3.60. The number of amides is 1. The molecule has 1 aromatic rings. The maximum absolute atomic E-state index is 12.1. The third-order valence-electron chi connectivity index (χ3n) is 3.60. The smallest absolute Gasteiger partial charge is 0.454 e. The molecule has 1 amide bonds. The van der Waals surface area contributed by atoms with Crippen LogP contribution in [0.15, 0.2) is 18.2 Å². The van der Waals surface area contributed by atoms with Crippen LogP contribution in [0.1, 0.15) is 19.4 Å². The van der Waals surface area contributed by atoms with E-state index < -0.39 is 19.0 Å². The van der Waals surface area contributed by atoms with Crippen LogP contribution in [0, 0.1) is 0 Å². The molecule has 0 saturated heterocycles. The van der Waals surface area contributed by atoms with E-state index >= 15 is 0 Å². The van der Waals surface area contributed by atoms with Gasteiger partial charge in [-0.3, -0.25) is 0 Å². The number of methoxy groups -OCH3 is 1. The summed E-state index contributed by atoms with van der Waals surface area (Å²) in [6.45, 7) is 3.96. The molecular weight excluding hydrogens is 318 g/mol. The number of nitrogens with zero attached hydrogens (tertiary/aromatic N) is 1. The van der Waals surface area contributed by atoms with Crippen molar-refractivity contribution < 1.29 is 33.3 Å². The molecule has 1 aliphatic rings. The first-order valence-electron chi connectivity index (χ1n) is 7.57. The zero-order chi connectivity index (χ0) is 17.5. The normalized spacial score (nSPS) is 13.1. The Morgan fingerprint density at radius 3 is 2.71 bits per heavy atom. The van der Waals surface area contributed by atoms with E-state index in [-0.39, 0.29) is 12.8 Å². The van der Waals surface area contributed by atoms with Gasteiger partial charge in [0, 0.05) is 12.6 Å². The molecule has 132 valence electrons. The number of carbonyl (C=O) groups excluding carboxylic acids is 2. The van der Waals surface area contributed by atoms with Crippen LogP contribution in [0.2, 0.25) is 0 Å². The molecule has 0 spiro atoms. The minimum atomic E-state index is -0.903. The van der Waals surface area contributed by atoms with Crippen molar-refractivity contribution in [2.24, 2.45) is 0 Å². The van der Waals surface area contributed by atoms with E-state index in [4.69, 9.17) is 14.2 Å². The Morgan fingerprint density at radius 1 is 1.25 bits per heavy atom. The Bertz CT molecular complexity index is 590. The van der Waals surface area contributed by atoms with Gasteiger partial charge in [0.05, 0.1) is 7.11 Å². The highest BCUT2D eigenvalue weighted by atomic mass is 16.8. The first-order chi connectivity index (χ1) is 11.5. The van der Waals surface area contributed by atoms with Gasteiger partial charge in [0.15, 0.2) is 11.5 Å². The highest BCUT2D eigenvalue weighted by molar-refractivity contribution is 5.68. The molecule has 0 aliphatic carbocycles. The number of ether oxygens (including phenoxy) is 5. The van der Waals surface area contributed by atoms with Crippen molar-refractivity contribution >= 4 is 12.2 Å². The first kappa shape index (κ1) is 17.7. The summed E-state index contributed by atoms with van der Waals surface area (Å²) >= 11 is 0. The Labute approximate surface area is 140 Å². The average molecular weight is 339 g/mol. The van der Waals surface area contributed by atoms with Crippen LogP contribution in [0.25, 0.3) is 0 Å². The minimum absolute atomic E-state index is 0.110. The predicted molar refractivity (Wildman–Crippen MR) is 82.9 cm³/mol. The lowest BCUT2D eigenvalue weighted by Gasteiger charge is -2.27. The summed E-state index contributed by atoms with van der Waals surface area (Å²) < 4.78 is 24.4. The van der Waals surface area contributed by atoms with Crippen molar-refractivity contribution in [1.82, 2.24) is 4.90 Å². The van der Waals surface area contributed by atoms with Gasteiger partial charge in [-0.05, 0) is 38.0 Å². The minimum Gasteiger partial charge on any atom is -0.454 e. The molecule has 0 N–H and O–H groups in total. The summed E-state index contributed by atoms with van der Waals surface area (Å²) in [4.78, 5) is 24.5. The highest BCUT2D eigenvalue weighted by Crippen LogP contribution is 2.33. The summed E-state index contributed by atoms with van der Waals surface area (Å²) in [6.07, 6.45) is -0.842. The average Bonchev–Trinajstić information content (AvgIpc) is 3.03. The van der Waals surface area contributed by atoms with Gasteiger partial charge in [0.25, 0.3) is 0 Å². The standard InChI is InChI=1S/C16H21NO7/c1-4-17(15(18)23-10-24-16(19)20-3)11(2)7-12-5-6-13-14(8-12)22-9-21-13/h5-6,8,11H,4,7,9-10H2,1-3H3. The highest BCUT2D eigenvalue weighted by Gasteiger charge is 2.22. The summed E-state index contributed by atoms with van der Waals surface area (Å²) in [5.41, 5.74) is 1.02. The van der Waals surface area contributed by atoms with Gasteiger partial charge in [-0.2, -0.15) is 0 Å². The summed E-state index contributed by atoms with van der Waals surface area (Å²) in [6, 6.07) is 5.58. The van der Waals surface area contributed by atoms with Gasteiger partial charge in [-0.1, -0.05) is 6.07 Å². The van der Waals surface area contributed by atoms with E-state index in [1.165, 1.54) is 7.11 Å². The van der Waals surface area contributed by atoms with Gasteiger partial charge >= 0.3 is 12.2 Å². The lowest BCUT2D eigenvalue weighted by atomic mass is 10.1. The second-order valence-electron chi connectivity index (χ2n) is 5.15. The fourth-order valence-electron chi connectivity index (χ4n) is 2.41. The van der Waals surface area contributed by atoms with Crippen molar-refractivity contribution in [3.63, 3.8) is 0 Å². The van der Waals surface area contributed by atoms with Crippen LogP contribution in [-0.2, 0) is 20.6 Å². The van der Waals surface area contributed by atoms with Crippen molar-refractivity contribution in [3.8, 4) is 11.5 Å². The molecule has 1 aliphatic heterocycles. The first-order valence-corrected chi connectivity index (χ1v) is 7.57. The monoisotopic (exact) mass is 339 g/mol.